The summed E-state index contributed by atoms with van der Waals surface area (Å²) < 4.78 is 56.4. The molecule has 0 atom stereocenters. The third-order valence-electron chi connectivity index (χ3n) is 8.85. The highest BCUT2D eigenvalue weighted by molar-refractivity contribution is 6.34. The quantitative estimate of drug-likeness (QED) is 0.186. The van der Waals surface area contributed by atoms with Crippen molar-refractivity contribution in [2.45, 2.75) is 12.7 Å². The number of esters is 1. The van der Waals surface area contributed by atoms with E-state index in [9.17, 15) is 27.6 Å². The Labute approximate surface area is 267 Å². The van der Waals surface area contributed by atoms with E-state index in [1.165, 1.54) is 19.2 Å². The van der Waals surface area contributed by atoms with E-state index in [2.05, 4.69) is 9.80 Å². The molecule has 0 N–H and O–H groups in total. The van der Waals surface area contributed by atoms with E-state index >= 15 is 0 Å². The Hall–Kier alpha value is -5.00. The molecule has 2 heterocycles. The van der Waals surface area contributed by atoms with Gasteiger partial charge in [-0.15, -0.1) is 0 Å². The van der Waals surface area contributed by atoms with Crippen molar-refractivity contribution in [3.8, 4) is 5.75 Å². The van der Waals surface area contributed by atoms with Crippen LogP contribution in [-0.2, 0) is 17.5 Å². The van der Waals surface area contributed by atoms with Crippen LogP contribution in [0.1, 0.15) is 53.5 Å². The number of alkyl halides is 3. The van der Waals surface area contributed by atoms with Gasteiger partial charge < -0.3 is 13.9 Å². The van der Waals surface area contributed by atoms with Gasteiger partial charge in [-0.1, -0.05) is 60.7 Å². The Morgan fingerprint density at radius 2 is 1.45 bits per heavy atom. The zero-order chi connectivity index (χ0) is 32.9. The van der Waals surface area contributed by atoms with Crippen LogP contribution in [0.4, 0.5) is 13.2 Å². The Bertz CT molecular complexity index is 2040. The fraction of sp³-hybridized carbons (Fsp3) is 0.250. The van der Waals surface area contributed by atoms with Crippen LogP contribution in [0.5, 0.6) is 5.75 Å². The summed E-state index contributed by atoms with van der Waals surface area (Å²) in [5.74, 6) is -1.47. The molecule has 1 fully saturated rings. The zero-order valence-electron chi connectivity index (χ0n) is 25.4. The van der Waals surface area contributed by atoms with Gasteiger partial charge in [0.2, 0.25) is 5.78 Å². The number of fused-ring (bicyclic) bond motifs is 6. The van der Waals surface area contributed by atoms with E-state index in [0.29, 0.717) is 23.9 Å². The summed E-state index contributed by atoms with van der Waals surface area (Å²) in [4.78, 5) is 45.1. The minimum Gasteiger partial charge on any atom is -0.491 e. The van der Waals surface area contributed by atoms with Crippen LogP contribution in [0.3, 0.4) is 0 Å². The highest BCUT2D eigenvalue weighted by Gasteiger charge is 2.39. The largest absolute Gasteiger partial charge is 0.491 e. The SMILES string of the molecule is COC(=O)c1c(OCCN2CCN(Cc3ccc(C(F)(F)F)cc3)CC2)c2ccccc2c2oc3c(c12)C(=O)c1ccccc1C3=O. The number of ether oxygens (including phenoxy) is 2. The third kappa shape index (κ3) is 5.45. The van der Waals surface area contributed by atoms with Crippen molar-refractivity contribution in [3.63, 3.8) is 0 Å². The van der Waals surface area contributed by atoms with E-state index in [-0.39, 0.29) is 51.3 Å². The van der Waals surface area contributed by atoms with Crippen molar-refractivity contribution in [3.05, 3.63) is 112 Å². The van der Waals surface area contributed by atoms with Crippen molar-refractivity contribution in [1.82, 2.24) is 9.80 Å². The van der Waals surface area contributed by atoms with Gasteiger partial charge in [-0.05, 0) is 17.7 Å². The number of benzene rings is 4. The maximum absolute atomic E-state index is 13.8. The van der Waals surface area contributed by atoms with E-state index in [1.54, 1.807) is 48.5 Å². The normalized spacial score (nSPS) is 15.6. The number of rotatable bonds is 7. The molecule has 7 rings (SSSR count). The molecule has 8 nitrogen and oxygen atoms in total. The molecular weight excluding hydrogens is 613 g/mol. The number of carbonyl (C=O) groups is 3. The molecule has 0 saturated carbocycles. The summed E-state index contributed by atoms with van der Waals surface area (Å²) >= 11 is 0. The number of furan rings is 1. The average Bonchev–Trinajstić information content (AvgIpc) is 3.48. The van der Waals surface area contributed by atoms with Gasteiger partial charge in [-0.3, -0.25) is 19.4 Å². The number of methoxy groups -OCH3 is 1. The second-order valence-electron chi connectivity index (χ2n) is 11.6. The minimum absolute atomic E-state index is 0.0175. The Balaban J connectivity index is 1.13. The van der Waals surface area contributed by atoms with Crippen molar-refractivity contribution in [2.24, 2.45) is 0 Å². The average molecular weight is 643 g/mol. The summed E-state index contributed by atoms with van der Waals surface area (Å²) in [5, 5.41) is 1.34. The first-order valence-corrected chi connectivity index (χ1v) is 15.2. The standard InChI is InChI=1S/C36H29F3N2O6/c1-45-35(44)29-27-28-30(42)23-6-2-3-7-24(23)31(43)34(28)47-33(27)26-9-5-4-8-25(26)32(29)46-19-18-40-14-16-41(17-15-40)20-21-10-12-22(13-11-21)36(37,38)39/h2-13H,14-20H2,1H3. The van der Waals surface area contributed by atoms with Gasteiger partial charge in [0.25, 0.3) is 0 Å². The van der Waals surface area contributed by atoms with Gasteiger partial charge in [-0.2, -0.15) is 13.2 Å². The van der Waals surface area contributed by atoms with Crippen LogP contribution in [0.2, 0.25) is 0 Å². The maximum atomic E-state index is 13.8. The lowest BCUT2D eigenvalue weighted by atomic mass is 9.85. The molecule has 5 aromatic rings. The third-order valence-corrected chi connectivity index (χ3v) is 8.85. The minimum atomic E-state index is -4.36. The van der Waals surface area contributed by atoms with E-state index in [0.717, 1.165) is 43.9 Å². The fourth-order valence-corrected chi connectivity index (χ4v) is 6.45. The van der Waals surface area contributed by atoms with E-state index in [1.807, 2.05) is 0 Å². The molecule has 11 heteroatoms. The molecule has 0 bridgehead atoms. The highest BCUT2D eigenvalue weighted by atomic mass is 19.4. The first kappa shape index (κ1) is 30.6. The highest BCUT2D eigenvalue weighted by Crippen LogP contribution is 2.45. The van der Waals surface area contributed by atoms with Gasteiger partial charge >= 0.3 is 12.1 Å². The Morgan fingerprint density at radius 1 is 0.830 bits per heavy atom. The van der Waals surface area contributed by atoms with Crippen LogP contribution >= 0.6 is 0 Å². The van der Waals surface area contributed by atoms with Crippen molar-refractivity contribution in [2.75, 3.05) is 46.4 Å². The van der Waals surface area contributed by atoms with Crippen LogP contribution in [-0.4, -0.2) is 73.8 Å². The van der Waals surface area contributed by atoms with Crippen LogP contribution in [0.15, 0.2) is 77.2 Å². The van der Waals surface area contributed by atoms with Crippen LogP contribution in [0, 0.1) is 0 Å². The number of carbonyl (C=O) groups excluding carboxylic acids is 3. The number of hydrogen-bond acceptors (Lipinski definition) is 8. The molecular formula is C36H29F3N2O6. The molecule has 1 aromatic heterocycles. The molecule has 4 aromatic carbocycles. The van der Waals surface area contributed by atoms with Crippen molar-refractivity contribution < 1.29 is 41.4 Å². The summed E-state index contributed by atoms with van der Waals surface area (Å²) in [6, 6.07) is 18.9. The fourth-order valence-electron chi connectivity index (χ4n) is 6.45. The molecule has 1 aliphatic carbocycles. The van der Waals surface area contributed by atoms with Gasteiger partial charge in [0.1, 0.15) is 23.5 Å². The molecule has 0 amide bonds. The molecule has 1 saturated heterocycles. The molecule has 0 unspecified atom stereocenters. The predicted molar refractivity (Wildman–Crippen MR) is 167 cm³/mol. The lowest BCUT2D eigenvalue weighted by Crippen LogP contribution is -2.47. The predicted octanol–water partition coefficient (Wildman–Crippen LogP) is 6.36. The van der Waals surface area contributed by atoms with E-state index < -0.39 is 29.3 Å². The second kappa shape index (κ2) is 12.0. The molecule has 1 aliphatic heterocycles. The molecule has 2 aliphatic rings. The topological polar surface area (TPSA) is 89.3 Å². The van der Waals surface area contributed by atoms with Crippen LogP contribution < -0.4 is 4.74 Å². The summed E-state index contributed by atoms with van der Waals surface area (Å²) in [6.45, 7) is 4.20. The van der Waals surface area contributed by atoms with Gasteiger partial charge in [0.05, 0.1) is 23.6 Å². The Morgan fingerprint density at radius 3 is 2.11 bits per heavy atom. The van der Waals surface area contributed by atoms with Crippen molar-refractivity contribution in [1.29, 1.82) is 0 Å². The van der Waals surface area contributed by atoms with E-state index in [4.69, 9.17) is 13.9 Å². The second-order valence-corrected chi connectivity index (χ2v) is 11.6. The first-order chi connectivity index (χ1) is 22.7. The zero-order valence-corrected chi connectivity index (χ0v) is 25.4. The molecule has 240 valence electrons. The summed E-state index contributed by atoms with van der Waals surface area (Å²) in [5.41, 5.74) is 0.901. The monoisotopic (exact) mass is 642 g/mol. The number of nitrogens with zero attached hydrogens (tertiary/aromatic N) is 2. The van der Waals surface area contributed by atoms with Gasteiger partial charge in [0, 0.05) is 61.2 Å². The molecule has 0 radical (unpaired) electrons. The lowest BCUT2D eigenvalue weighted by molar-refractivity contribution is -0.137. The first-order valence-electron chi connectivity index (χ1n) is 15.2. The molecule has 47 heavy (non-hydrogen) atoms. The summed E-state index contributed by atoms with van der Waals surface area (Å²) in [7, 11) is 1.24. The molecule has 0 spiro atoms. The lowest BCUT2D eigenvalue weighted by Gasteiger charge is -2.34. The van der Waals surface area contributed by atoms with Gasteiger partial charge in [0.15, 0.2) is 11.5 Å². The number of piperazine rings is 1. The van der Waals surface area contributed by atoms with Crippen molar-refractivity contribution >= 4 is 39.3 Å². The number of ketones is 2. The Kier molecular flexibility index (Phi) is 7.81. The maximum Gasteiger partial charge on any atom is 0.416 e. The number of hydrogen-bond donors (Lipinski definition) is 0. The summed E-state index contributed by atoms with van der Waals surface area (Å²) in [6.07, 6.45) is -4.36. The number of halogens is 3. The van der Waals surface area contributed by atoms with Crippen LogP contribution in [0.25, 0.3) is 21.7 Å². The smallest absolute Gasteiger partial charge is 0.416 e. The van der Waals surface area contributed by atoms with Gasteiger partial charge in [-0.25, -0.2) is 4.79 Å².